The molecule has 1 heterocycles. The second kappa shape index (κ2) is 6.55. The molecule has 1 aromatic carbocycles. The monoisotopic (exact) mass is 288 g/mol. The molecule has 3 rings (SSSR count). The van der Waals surface area contributed by atoms with Gasteiger partial charge in [-0.2, -0.15) is 0 Å². The molecule has 0 spiro atoms. The van der Waals surface area contributed by atoms with Gasteiger partial charge >= 0.3 is 0 Å². The number of nitrogens with one attached hydrogen (secondary N) is 1. The lowest BCUT2D eigenvalue weighted by molar-refractivity contribution is 0.477. The Morgan fingerprint density at radius 2 is 2.05 bits per heavy atom. The highest BCUT2D eigenvalue weighted by Crippen LogP contribution is 2.27. The zero-order chi connectivity index (χ0) is 13.8. The Morgan fingerprint density at radius 1 is 1.20 bits per heavy atom. The summed E-state index contributed by atoms with van der Waals surface area (Å²) in [7, 11) is 0. The lowest BCUT2D eigenvalue weighted by atomic mass is 10.0. The van der Waals surface area contributed by atoms with E-state index in [9.17, 15) is 0 Å². The summed E-state index contributed by atoms with van der Waals surface area (Å²) < 4.78 is 0. The third-order valence-electron chi connectivity index (χ3n) is 4.32. The van der Waals surface area contributed by atoms with Gasteiger partial charge in [0, 0.05) is 23.2 Å². The molecule has 0 aliphatic heterocycles. The van der Waals surface area contributed by atoms with Crippen molar-refractivity contribution in [3.63, 3.8) is 0 Å². The van der Waals surface area contributed by atoms with Crippen LogP contribution >= 0.6 is 11.6 Å². The zero-order valence-electron chi connectivity index (χ0n) is 11.7. The van der Waals surface area contributed by atoms with Crippen molar-refractivity contribution in [2.24, 2.45) is 5.92 Å². The van der Waals surface area contributed by atoms with Gasteiger partial charge in [-0.15, -0.1) is 0 Å². The van der Waals surface area contributed by atoms with E-state index < -0.39 is 0 Å². The molecule has 106 valence electrons. The third kappa shape index (κ3) is 3.13. The fourth-order valence-electron chi connectivity index (χ4n) is 3.17. The largest absolute Gasteiger partial charge is 0.313 e. The van der Waals surface area contributed by atoms with Crippen LogP contribution < -0.4 is 5.32 Å². The fourth-order valence-corrected chi connectivity index (χ4v) is 3.38. The molecule has 2 nitrogen and oxygen atoms in total. The summed E-state index contributed by atoms with van der Waals surface area (Å²) in [5.74, 6) is 0.947. The number of halogens is 1. The normalized spacial score (nSPS) is 16.1. The smallest absolute Gasteiger partial charge is 0.0761 e. The van der Waals surface area contributed by atoms with Gasteiger partial charge in [-0.1, -0.05) is 43.4 Å². The Labute approximate surface area is 125 Å². The highest BCUT2D eigenvalue weighted by atomic mass is 35.5. The van der Waals surface area contributed by atoms with Crippen LogP contribution in [0.15, 0.2) is 30.5 Å². The van der Waals surface area contributed by atoms with Crippen molar-refractivity contribution < 1.29 is 0 Å². The van der Waals surface area contributed by atoms with E-state index in [2.05, 4.69) is 16.4 Å². The Morgan fingerprint density at radius 3 is 2.90 bits per heavy atom. The van der Waals surface area contributed by atoms with E-state index in [1.165, 1.54) is 37.7 Å². The van der Waals surface area contributed by atoms with Crippen LogP contribution in [0.2, 0.25) is 5.02 Å². The number of benzene rings is 1. The summed E-state index contributed by atoms with van der Waals surface area (Å²) in [6, 6.07) is 8.03. The maximum absolute atomic E-state index is 6.22. The highest BCUT2D eigenvalue weighted by molar-refractivity contribution is 6.35. The van der Waals surface area contributed by atoms with Gasteiger partial charge in [0.25, 0.3) is 0 Å². The number of rotatable bonds is 5. The topological polar surface area (TPSA) is 24.9 Å². The number of hydrogen-bond donors (Lipinski definition) is 1. The van der Waals surface area contributed by atoms with E-state index in [0.717, 1.165) is 34.9 Å². The van der Waals surface area contributed by atoms with Crippen molar-refractivity contribution in [3.8, 4) is 0 Å². The molecule has 20 heavy (non-hydrogen) atoms. The quantitative estimate of drug-likeness (QED) is 0.816. The predicted molar refractivity (Wildman–Crippen MR) is 85.0 cm³/mol. The first kappa shape index (κ1) is 13.8. The van der Waals surface area contributed by atoms with Crippen LogP contribution in [0.4, 0.5) is 0 Å². The molecular weight excluding hydrogens is 268 g/mol. The molecule has 2 aromatic rings. The maximum Gasteiger partial charge on any atom is 0.0761 e. The predicted octanol–water partition coefficient (Wildman–Crippen LogP) is 4.56. The second-order valence-corrected chi connectivity index (χ2v) is 6.13. The van der Waals surface area contributed by atoms with Crippen LogP contribution in [0.25, 0.3) is 10.9 Å². The van der Waals surface area contributed by atoms with Gasteiger partial charge in [-0.25, -0.2) is 0 Å². The summed E-state index contributed by atoms with van der Waals surface area (Å²) >= 11 is 6.22. The van der Waals surface area contributed by atoms with E-state index in [1.807, 2.05) is 24.4 Å². The summed E-state index contributed by atoms with van der Waals surface area (Å²) in [4.78, 5) is 4.47. The maximum atomic E-state index is 6.22. The van der Waals surface area contributed by atoms with E-state index in [-0.39, 0.29) is 0 Å². The average Bonchev–Trinajstić information content (AvgIpc) is 2.99. The molecule has 0 radical (unpaired) electrons. The first-order valence-electron chi connectivity index (χ1n) is 7.57. The summed E-state index contributed by atoms with van der Waals surface area (Å²) in [6.45, 7) is 1.97. The molecule has 1 aromatic heterocycles. The number of hydrogen-bond acceptors (Lipinski definition) is 2. The molecule has 3 heteroatoms. The molecule has 0 bridgehead atoms. The van der Waals surface area contributed by atoms with Crippen LogP contribution in [0.5, 0.6) is 0 Å². The molecule has 0 amide bonds. The minimum atomic E-state index is 0.780. The minimum absolute atomic E-state index is 0.780. The van der Waals surface area contributed by atoms with Crippen molar-refractivity contribution >= 4 is 22.5 Å². The van der Waals surface area contributed by atoms with E-state index in [1.54, 1.807) is 0 Å². The van der Waals surface area contributed by atoms with Crippen LogP contribution in [-0.4, -0.2) is 11.5 Å². The molecular formula is C17H21ClN2. The zero-order valence-corrected chi connectivity index (χ0v) is 12.5. The van der Waals surface area contributed by atoms with Crippen LogP contribution in [0.1, 0.15) is 37.7 Å². The number of pyridine rings is 1. The van der Waals surface area contributed by atoms with Gasteiger partial charge in [-0.05, 0) is 42.6 Å². The molecule has 1 aliphatic carbocycles. The van der Waals surface area contributed by atoms with Crippen molar-refractivity contribution in [3.05, 3.63) is 41.0 Å². The average molecular weight is 289 g/mol. The van der Waals surface area contributed by atoms with Gasteiger partial charge in [0.15, 0.2) is 0 Å². The SMILES string of the molecule is Clc1ccc(CNCCC2CCCC2)c2ncccc12. The Hall–Kier alpha value is -1.12. The van der Waals surface area contributed by atoms with E-state index >= 15 is 0 Å². The molecule has 0 unspecified atom stereocenters. The van der Waals surface area contributed by atoms with Gasteiger partial charge in [0.05, 0.1) is 5.52 Å². The van der Waals surface area contributed by atoms with Crippen molar-refractivity contribution in [2.45, 2.75) is 38.6 Å². The standard InChI is InChI=1S/C17H21ClN2/c18-16-8-7-14(17-15(16)6-3-10-20-17)12-19-11-9-13-4-1-2-5-13/h3,6-8,10,13,19H,1-2,4-5,9,11-12H2. The summed E-state index contributed by atoms with van der Waals surface area (Å²) in [6.07, 6.45) is 8.84. The molecule has 1 N–H and O–H groups in total. The van der Waals surface area contributed by atoms with Crippen LogP contribution in [-0.2, 0) is 6.54 Å². The molecule has 0 saturated heterocycles. The van der Waals surface area contributed by atoms with Gasteiger partial charge in [0.2, 0.25) is 0 Å². The van der Waals surface area contributed by atoms with E-state index in [0.29, 0.717) is 0 Å². The number of fused-ring (bicyclic) bond motifs is 1. The molecule has 1 fully saturated rings. The van der Waals surface area contributed by atoms with Gasteiger partial charge in [-0.3, -0.25) is 4.98 Å². The Balaban J connectivity index is 1.61. The Bertz CT molecular complexity index is 576. The van der Waals surface area contributed by atoms with E-state index in [4.69, 9.17) is 11.6 Å². The number of nitrogens with zero attached hydrogens (tertiary/aromatic N) is 1. The van der Waals surface area contributed by atoms with Crippen LogP contribution in [0, 0.1) is 5.92 Å². The number of aromatic nitrogens is 1. The molecule has 0 atom stereocenters. The summed E-state index contributed by atoms with van der Waals surface area (Å²) in [5.41, 5.74) is 2.25. The Kier molecular flexibility index (Phi) is 4.54. The van der Waals surface area contributed by atoms with Crippen molar-refractivity contribution in [1.29, 1.82) is 0 Å². The van der Waals surface area contributed by atoms with Crippen LogP contribution in [0.3, 0.4) is 0 Å². The molecule has 1 aliphatic rings. The third-order valence-corrected chi connectivity index (χ3v) is 4.65. The lowest BCUT2D eigenvalue weighted by Crippen LogP contribution is -2.17. The summed E-state index contributed by atoms with van der Waals surface area (Å²) in [5, 5.41) is 5.38. The van der Waals surface area contributed by atoms with Crippen molar-refractivity contribution in [2.75, 3.05) is 6.54 Å². The fraction of sp³-hybridized carbons (Fsp3) is 0.471. The lowest BCUT2D eigenvalue weighted by Gasteiger charge is -2.11. The van der Waals surface area contributed by atoms with Gasteiger partial charge < -0.3 is 5.32 Å². The second-order valence-electron chi connectivity index (χ2n) is 5.72. The highest BCUT2D eigenvalue weighted by Gasteiger charge is 2.14. The first-order chi connectivity index (χ1) is 9.84. The minimum Gasteiger partial charge on any atom is -0.313 e. The molecule has 1 saturated carbocycles. The van der Waals surface area contributed by atoms with Crippen molar-refractivity contribution in [1.82, 2.24) is 10.3 Å². The first-order valence-corrected chi connectivity index (χ1v) is 7.95. The van der Waals surface area contributed by atoms with Gasteiger partial charge in [0.1, 0.15) is 0 Å².